The molecular weight excluding hydrogens is 202 g/mol. The summed E-state index contributed by atoms with van der Waals surface area (Å²) in [4.78, 5) is 8.43. The highest BCUT2D eigenvalue weighted by molar-refractivity contribution is 5.27. The molecule has 0 unspecified atom stereocenters. The van der Waals surface area contributed by atoms with E-state index in [2.05, 4.69) is 29.1 Å². The average Bonchev–Trinajstić information content (AvgIpc) is 2.26. The molecule has 0 fully saturated rings. The summed E-state index contributed by atoms with van der Waals surface area (Å²) in [6, 6.07) is 1.79. The van der Waals surface area contributed by atoms with Crippen molar-refractivity contribution in [2.24, 2.45) is 0 Å². The van der Waals surface area contributed by atoms with Crippen LogP contribution in [0.3, 0.4) is 0 Å². The van der Waals surface area contributed by atoms with Crippen LogP contribution in [0.1, 0.15) is 40.5 Å². The minimum atomic E-state index is -0.184. The molecule has 0 aliphatic heterocycles. The van der Waals surface area contributed by atoms with Crippen molar-refractivity contribution in [2.45, 2.75) is 46.1 Å². The van der Waals surface area contributed by atoms with Crippen molar-refractivity contribution in [3.8, 4) is 5.88 Å². The van der Waals surface area contributed by atoms with Crippen molar-refractivity contribution in [3.05, 3.63) is 12.3 Å². The Kier molecular flexibility index (Phi) is 4.52. The highest BCUT2D eigenvalue weighted by atomic mass is 16.5. The van der Waals surface area contributed by atoms with E-state index in [1.54, 1.807) is 12.3 Å². The van der Waals surface area contributed by atoms with Gasteiger partial charge < -0.3 is 10.1 Å². The SMILES string of the molecule is CCCNc1nccc(OC(C)(C)CC)n1. The van der Waals surface area contributed by atoms with Gasteiger partial charge in [-0.05, 0) is 26.7 Å². The van der Waals surface area contributed by atoms with Crippen molar-refractivity contribution >= 4 is 5.95 Å². The third kappa shape index (κ3) is 4.04. The van der Waals surface area contributed by atoms with E-state index >= 15 is 0 Å². The van der Waals surface area contributed by atoms with Crippen molar-refractivity contribution in [3.63, 3.8) is 0 Å². The maximum absolute atomic E-state index is 5.78. The number of hydrogen-bond donors (Lipinski definition) is 1. The van der Waals surface area contributed by atoms with E-state index in [0.29, 0.717) is 11.8 Å². The number of rotatable bonds is 6. The lowest BCUT2D eigenvalue weighted by molar-refractivity contribution is 0.0990. The molecule has 0 atom stereocenters. The van der Waals surface area contributed by atoms with Gasteiger partial charge in [0.15, 0.2) is 0 Å². The van der Waals surface area contributed by atoms with Gasteiger partial charge in [0.05, 0.1) is 0 Å². The van der Waals surface area contributed by atoms with Gasteiger partial charge in [0, 0.05) is 18.8 Å². The molecule has 0 bridgehead atoms. The molecule has 0 saturated carbocycles. The van der Waals surface area contributed by atoms with Crippen LogP contribution >= 0.6 is 0 Å². The third-order valence-electron chi connectivity index (χ3n) is 2.40. The number of ether oxygens (including phenoxy) is 1. The molecule has 0 radical (unpaired) electrons. The minimum Gasteiger partial charge on any atom is -0.472 e. The molecule has 0 spiro atoms. The Labute approximate surface area is 97.5 Å². The van der Waals surface area contributed by atoms with Crippen LogP contribution in [0.5, 0.6) is 5.88 Å². The van der Waals surface area contributed by atoms with Gasteiger partial charge in [-0.15, -0.1) is 0 Å². The molecule has 1 rings (SSSR count). The number of nitrogens with one attached hydrogen (secondary N) is 1. The first kappa shape index (κ1) is 12.7. The molecule has 0 amide bonds. The molecule has 0 saturated heterocycles. The standard InChI is InChI=1S/C12H21N3O/c1-5-8-13-11-14-9-7-10(15-11)16-12(3,4)6-2/h7,9H,5-6,8H2,1-4H3,(H,13,14,15). The molecule has 16 heavy (non-hydrogen) atoms. The molecule has 4 heteroatoms. The van der Waals surface area contributed by atoms with Gasteiger partial charge in [0.25, 0.3) is 0 Å². The second-order valence-corrected chi connectivity index (χ2v) is 4.36. The molecule has 1 aromatic rings. The molecule has 4 nitrogen and oxygen atoms in total. The zero-order valence-electron chi connectivity index (χ0n) is 10.6. The lowest BCUT2D eigenvalue weighted by atomic mass is 10.1. The third-order valence-corrected chi connectivity index (χ3v) is 2.40. The fourth-order valence-corrected chi connectivity index (χ4v) is 1.08. The van der Waals surface area contributed by atoms with E-state index in [9.17, 15) is 0 Å². The minimum absolute atomic E-state index is 0.184. The Morgan fingerprint density at radius 3 is 2.75 bits per heavy atom. The Morgan fingerprint density at radius 2 is 2.12 bits per heavy atom. The van der Waals surface area contributed by atoms with E-state index in [4.69, 9.17) is 4.74 Å². The molecule has 1 heterocycles. The topological polar surface area (TPSA) is 47.0 Å². The van der Waals surface area contributed by atoms with Crippen LogP contribution in [0.15, 0.2) is 12.3 Å². The number of nitrogens with zero attached hydrogens (tertiary/aromatic N) is 2. The quantitative estimate of drug-likeness (QED) is 0.805. The van der Waals surface area contributed by atoms with E-state index in [-0.39, 0.29) is 5.60 Å². The molecule has 0 aliphatic rings. The van der Waals surface area contributed by atoms with Gasteiger partial charge in [-0.25, -0.2) is 4.98 Å². The first-order valence-electron chi connectivity index (χ1n) is 5.83. The van der Waals surface area contributed by atoms with E-state index in [1.807, 2.05) is 13.8 Å². The summed E-state index contributed by atoms with van der Waals surface area (Å²) in [5.41, 5.74) is -0.184. The van der Waals surface area contributed by atoms with E-state index in [0.717, 1.165) is 19.4 Å². The molecule has 1 aromatic heterocycles. The first-order chi connectivity index (χ1) is 7.57. The van der Waals surface area contributed by atoms with Crippen molar-refractivity contribution in [2.75, 3.05) is 11.9 Å². The van der Waals surface area contributed by atoms with Crippen molar-refractivity contribution in [1.82, 2.24) is 9.97 Å². The van der Waals surface area contributed by atoms with Gasteiger partial charge in [0.1, 0.15) is 5.60 Å². The summed E-state index contributed by atoms with van der Waals surface area (Å²) < 4.78 is 5.78. The highest BCUT2D eigenvalue weighted by Crippen LogP contribution is 2.18. The number of aromatic nitrogens is 2. The Balaban J connectivity index is 2.67. The molecule has 1 N–H and O–H groups in total. The van der Waals surface area contributed by atoms with E-state index < -0.39 is 0 Å². The normalized spacial score (nSPS) is 11.2. The van der Waals surface area contributed by atoms with Gasteiger partial charge in [-0.1, -0.05) is 13.8 Å². The summed E-state index contributed by atoms with van der Waals surface area (Å²) in [5.74, 6) is 1.26. The molecule has 90 valence electrons. The highest BCUT2D eigenvalue weighted by Gasteiger charge is 2.17. The predicted octanol–water partition coefficient (Wildman–Crippen LogP) is 2.87. The summed E-state index contributed by atoms with van der Waals surface area (Å²) >= 11 is 0. The molecule has 0 aromatic carbocycles. The lowest BCUT2D eigenvalue weighted by Gasteiger charge is -2.23. The molecular formula is C12H21N3O. The van der Waals surface area contributed by atoms with Crippen LogP contribution in [0.25, 0.3) is 0 Å². The number of anilines is 1. The monoisotopic (exact) mass is 223 g/mol. The van der Waals surface area contributed by atoms with Gasteiger partial charge >= 0.3 is 0 Å². The summed E-state index contributed by atoms with van der Waals surface area (Å²) in [6.07, 6.45) is 3.70. The van der Waals surface area contributed by atoms with Crippen molar-refractivity contribution < 1.29 is 4.74 Å². The summed E-state index contributed by atoms with van der Waals surface area (Å²) in [6.45, 7) is 9.17. The van der Waals surface area contributed by atoms with Crippen molar-refractivity contribution in [1.29, 1.82) is 0 Å². The fraction of sp³-hybridized carbons (Fsp3) is 0.667. The summed E-state index contributed by atoms with van der Waals surface area (Å²) in [5, 5.41) is 3.14. The fourth-order valence-electron chi connectivity index (χ4n) is 1.08. The van der Waals surface area contributed by atoms with Crippen LogP contribution in [0.2, 0.25) is 0 Å². The largest absolute Gasteiger partial charge is 0.472 e. The van der Waals surface area contributed by atoms with Gasteiger partial charge in [-0.2, -0.15) is 4.98 Å². The zero-order valence-corrected chi connectivity index (χ0v) is 10.6. The maximum Gasteiger partial charge on any atom is 0.225 e. The van der Waals surface area contributed by atoms with Crippen LogP contribution in [-0.2, 0) is 0 Å². The maximum atomic E-state index is 5.78. The van der Waals surface area contributed by atoms with Crippen LogP contribution in [0.4, 0.5) is 5.95 Å². The smallest absolute Gasteiger partial charge is 0.225 e. The zero-order chi connectivity index (χ0) is 12.0. The molecule has 0 aliphatic carbocycles. The lowest BCUT2D eigenvalue weighted by Crippen LogP contribution is -2.27. The van der Waals surface area contributed by atoms with Gasteiger partial charge in [0.2, 0.25) is 11.8 Å². The van der Waals surface area contributed by atoms with Crippen LogP contribution in [-0.4, -0.2) is 22.1 Å². The second kappa shape index (κ2) is 5.68. The van der Waals surface area contributed by atoms with Crippen LogP contribution in [0, 0.1) is 0 Å². The Bertz CT molecular complexity index is 326. The van der Waals surface area contributed by atoms with Crippen LogP contribution < -0.4 is 10.1 Å². The second-order valence-electron chi connectivity index (χ2n) is 4.36. The Morgan fingerprint density at radius 1 is 1.38 bits per heavy atom. The first-order valence-corrected chi connectivity index (χ1v) is 5.83. The summed E-state index contributed by atoms with van der Waals surface area (Å²) in [7, 11) is 0. The predicted molar refractivity (Wildman–Crippen MR) is 65.8 cm³/mol. The Hall–Kier alpha value is -1.32. The van der Waals surface area contributed by atoms with E-state index in [1.165, 1.54) is 0 Å². The number of hydrogen-bond acceptors (Lipinski definition) is 4. The average molecular weight is 223 g/mol. The van der Waals surface area contributed by atoms with Gasteiger partial charge in [-0.3, -0.25) is 0 Å².